The Morgan fingerprint density at radius 1 is 0.851 bits per heavy atom. The number of nitrogens with two attached hydrogens (primary N) is 1. The highest BCUT2D eigenvalue weighted by Crippen LogP contribution is 2.53. The van der Waals surface area contributed by atoms with Crippen LogP contribution in [0.25, 0.3) is 0 Å². The Kier molecular flexibility index (Phi) is 21.3. The number of hydrogen-bond acceptors (Lipinski definition) is 20. The topological polar surface area (TPSA) is 366 Å². The largest absolute Gasteiger partial charge is 0.507 e. The van der Waals surface area contributed by atoms with E-state index >= 15 is 0 Å². The number of nitrogens with one attached hydrogen (secondary N) is 4. The number of aromatic hydroxyl groups is 2. The molecule has 5 fully saturated rings. The first-order valence-corrected chi connectivity index (χ1v) is 32.1. The second-order valence-electron chi connectivity index (χ2n) is 25.5. The molecule has 5 heterocycles. The lowest BCUT2D eigenvalue weighted by Gasteiger charge is -2.45. The summed E-state index contributed by atoms with van der Waals surface area (Å²) in [6.07, 6.45) is -3.10. The molecule has 508 valence electrons. The number of amides is 8. The Labute approximate surface area is 544 Å². The van der Waals surface area contributed by atoms with Gasteiger partial charge in [0.05, 0.1) is 42.6 Å². The highest BCUT2D eigenvalue weighted by atomic mass is 16.7. The number of aliphatic hydroxyl groups is 1. The zero-order valence-corrected chi connectivity index (χ0v) is 53.8. The van der Waals surface area contributed by atoms with Crippen molar-refractivity contribution < 1.29 is 91.6 Å². The first kappa shape index (κ1) is 68.6. The van der Waals surface area contributed by atoms with Gasteiger partial charge in [0.2, 0.25) is 29.4 Å². The molecule has 0 radical (unpaired) electrons. The van der Waals surface area contributed by atoms with Crippen molar-refractivity contribution in [2.45, 2.75) is 159 Å². The number of ether oxygens (including phenoxy) is 7. The predicted octanol–water partition coefficient (Wildman–Crippen LogP) is 3.59. The van der Waals surface area contributed by atoms with Crippen LogP contribution in [0.3, 0.4) is 0 Å². The number of benzene rings is 3. The zero-order chi connectivity index (χ0) is 67.4. The quantitative estimate of drug-likeness (QED) is 0.0388. The number of ketones is 2. The highest BCUT2D eigenvalue weighted by Gasteiger charge is 2.56. The summed E-state index contributed by atoms with van der Waals surface area (Å²) in [5.41, 5.74) is 3.17. The third-order valence-corrected chi connectivity index (χ3v) is 18.8. The van der Waals surface area contributed by atoms with Crippen molar-refractivity contribution in [2.24, 2.45) is 17.6 Å². The van der Waals surface area contributed by atoms with Crippen molar-refractivity contribution in [3.63, 3.8) is 0 Å². The van der Waals surface area contributed by atoms with Gasteiger partial charge in [0.15, 0.2) is 24.6 Å². The molecular weight excluding hydrogens is 1220 g/mol. The van der Waals surface area contributed by atoms with E-state index in [1.165, 1.54) is 42.2 Å². The molecular formula is C66H85N9O19. The van der Waals surface area contributed by atoms with Crippen molar-refractivity contribution in [3.8, 4) is 17.2 Å². The van der Waals surface area contributed by atoms with Gasteiger partial charge in [-0.2, -0.15) is 0 Å². The first-order valence-electron chi connectivity index (χ1n) is 32.1. The van der Waals surface area contributed by atoms with Gasteiger partial charge in [-0.15, -0.1) is 0 Å². The summed E-state index contributed by atoms with van der Waals surface area (Å²) in [4.78, 5) is 128. The van der Waals surface area contributed by atoms with Crippen LogP contribution in [0, 0.1) is 11.8 Å². The number of phenols is 2. The van der Waals surface area contributed by atoms with E-state index in [1.807, 2.05) is 13.8 Å². The minimum absolute atomic E-state index is 0.00661. The molecule has 3 aromatic carbocycles. The van der Waals surface area contributed by atoms with Crippen molar-refractivity contribution in [2.75, 3.05) is 72.0 Å². The van der Waals surface area contributed by atoms with Crippen molar-refractivity contribution in [1.82, 2.24) is 35.6 Å². The summed E-state index contributed by atoms with van der Waals surface area (Å²) in [6, 6.07) is 7.76. The average Bonchev–Trinajstić information content (AvgIpc) is 0.888. The number of piperazine rings is 1. The lowest BCUT2D eigenvalue weighted by Crippen LogP contribution is -2.59. The number of allylic oxidation sites excluding steroid dienone is 1. The van der Waals surface area contributed by atoms with Crippen LogP contribution in [-0.2, 0) is 65.4 Å². The minimum atomic E-state index is -2.34. The molecule has 8 amide bonds. The molecule has 2 aliphatic carbocycles. The summed E-state index contributed by atoms with van der Waals surface area (Å²) in [6.45, 7) is 12.5. The van der Waals surface area contributed by atoms with Crippen LogP contribution in [0.5, 0.6) is 17.2 Å². The van der Waals surface area contributed by atoms with E-state index in [1.54, 1.807) is 43.0 Å². The molecule has 5 saturated heterocycles. The number of nitrogens with zero attached hydrogens (tertiary/aromatic N) is 4. The number of unbranched alkanes of at least 4 members (excludes halogenated alkanes) is 2. The molecule has 7 aliphatic rings. The summed E-state index contributed by atoms with van der Waals surface area (Å²) >= 11 is 0. The number of carbonyl (C=O) groups excluding carboxylic acids is 9. The van der Waals surface area contributed by atoms with E-state index in [-0.39, 0.29) is 123 Å². The van der Waals surface area contributed by atoms with Gasteiger partial charge in [-0.3, -0.25) is 38.5 Å². The highest BCUT2D eigenvalue weighted by molar-refractivity contribution is 6.31. The number of morpholine rings is 1. The Morgan fingerprint density at radius 2 is 1.57 bits per heavy atom. The van der Waals surface area contributed by atoms with Gasteiger partial charge < -0.3 is 90.2 Å². The number of fused-ring (bicyclic) bond motifs is 6. The smallest absolute Gasteiger partial charge is 0.410 e. The van der Waals surface area contributed by atoms with Gasteiger partial charge in [0.25, 0.3) is 5.91 Å². The van der Waals surface area contributed by atoms with E-state index in [4.69, 9.17) is 38.9 Å². The molecule has 11 atom stereocenters. The Hall–Kier alpha value is -8.25. The molecule has 0 saturated carbocycles. The van der Waals surface area contributed by atoms with Crippen LogP contribution in [-0.4, -0.2) is 210 Å². The molecule has 0 bridgehead atoms. The van der Waals surface area contributed by atoms with Crippen LogP contribution >= 0.6 is 0 Å². The second kappa shape index (κ2) is 29.2. The molecule has 1 unspecified atom stereocenters. The monoisotopic (exact) mass is 1310 g/mol. The Balaban J connectivity index is 0.755. The predicted molar refractivity (Wildman–Crippen MR) is 334 cm³/mol. The normalized spacial score (nSPS) is 25.5. The number of methoxy groups -OCH3 is 2. The summed E-state index contributed by atoms with van der Waals surface area (Å²) < 4.78 is 42.0. The van der Waals surface area contributed by atoms with E-state index in [9.17, 15) is 58.5 Å². The van der Waals surface area contributed by atoms with Crippen molar-refractivity contribution >= 4 is 58.9 Å². The van der Waals surface area contributed by atoms with Crippen molar-refractivity contribution in [1.29, 1.82) is 0 Å². The maximum Gasteiger partial charge on any atom is 0.410 e. The summed E-state index contributed by atoms with van der Waals surface area (Å²) in [5.74, 6) is -5.53. The summed E-state index contributed by atoms with van der Waals surface area (Å²) in [5, 5.41) is 48.1. The van der Waals surface area contributed by atoms with E-state index in [0.717, 1.165) is 5.70 Å². The fourth-order valence-electron chi connectivity index (χ4n) is 13.8. The van der Waals surface area contributed by atoms with Crippen LogP contribution in [0.2, 0.25) is 0 Å². The van der Waals surface area contributed by atoms with Crippen LogP contribution in [0.1, 0.15) is 140 Å². The zero-order valence-electron chi connectivity index (χ0n) is 53.8. The van der Waals surface area contributed by atoms with Gasteiger partial charge in [-0.25, -0.2) is 9.59 Å². The molecule has 28 nitrogen and oxygen atoms in total. The first-order chi connectivity index (χ1) is 44.9. The third kappa shape index (κ3) is 14.4. The number of carbonyl (C=O) groups is 9. The number of rotatable bonds is 23. The summed E-state index contributed by atoms with van der Waals surface area (Å²) in [7, 11) is 2.86. The number of urea groups is 1. The number of phenolic OH excluding ortho intramolecular Hbond substituents is 2. The maximum absolute atomic E-state index is 14.8. The van der Waals surface area contributed by atoms with Gasteiger partial charge >= 0.3 is 12.1 Å². The van der Waals surface area contributed by atoms with Crippen LogP contribution in [0.15, 0.2) is 54.7 Å². The molecule has 94 heavy (non-hydrogen) atoms. The number of primary amides is 1. The number of anilines is 1. The van der Waals surface area contributed by atoms with Gasteiger partial charge in [0, 0.05) is 119 Å². The molecule has 28 heteroatoms. The maximum atomic E-state index is 14.8. The second-order valence-corrected chi connectivity index (χ2v) is 25.5. The van der Waals surface area contributed by atoms with Crippen LogP contribution in [0.4, 0.5) is 15.3 Å². The minimum Gasteiger partial charge on any atom is -0.507 e. The Bertz CT molecular complexity index is 3430. The van der Waals surface area contributed by atoms with Gasteiger partial charge in [-0.05, 0) is 68.7 Å². The number of hydrogen-bond donors (Lipinski definition) is 8. The van der Waals surface area contributed by atoms with E-state index in [0.29, 0.717) is 56.6 Å². The fourth-order valence-corrected chi connectivity index (χ4v) is 13.8. The third-order valence-electron chi connectivity index (χ3n) is 18.8. The van der Waals surface area contributed by atoms with Crippen LogP contribution < -0.4 is 31.7 Å². The molecule has 0 aromatic heterocycles. The number of likely N-dealkylation sites (tertiary alicyclic amines) is 1. The lowest BCUT2D eigenvalue weighted by atomic mass is 9.72. The fraction of sp³-hybridized carbons (Fsp3) is 0.561. The van der Waals surface area contributed by atoms with Crippen molar-refractivity contribution in [3.05, 3.63) is 93.7 Å². The molecule has 0 spiro atoms. The lowest BCUT2D eigenvalue weighted by molar-refractivity contribution is -0.256. The molecule has 10 rings (SSSR count). The average molecular weight is 1310 g/mol. The van der Waals surface area contributed by atoms with E-state index in [2.05, 4.69) is 32.7 Å². The SMILES string of the molecule is C=C1CC(C)C(=O)N1CCCCCC(=O)N[C@H](C(=O)N[C@@H](CCCNC(N)=O)C(=O)Nc1ccc(COC(=O)N2CCN(C(=O)[C@]3(O)Cc4c(O)c5c(c(O)c4[C@@H](O[C@H]4C[C@H]6[C@H](O[C@@H]7[C@@H](OC)OCCN76)[C@H](C)O4)C3)C(=O)c3c(OC)cccc3C5=O)CC2)cc1)C(C)C. The molecule has 9 N–H and O–H groups in total. The standard InChI is InChI=1S/C66H85N9O19/c1-34(2)52(71-46(76)16-9-8-10-22-74-36(4)29-35(3)60(74)83)59(82)70-42(14-12-21-68-64(67)85)58(81)69-39-19-17-38(18-20-39)33-91-65(86)73-25-23-72(24-26-73)63(84)66(87)31-41-49(56(80)51-50(54(41)78)53(77)40-13-11-15-44(88-6)48(40)55(51)79)45(32-66)93-47-30-43-57(37(5)92-47)94-61-62(89-7)90-28-27-75(43)61/h11,13,15,17-20,34-35,37,42-43,45,47,52,57,61-62,78,80,87H,4,8-10,12,14,16,21-33H2,1-3,5-7H3,(H,69,81)(H,70,82)(H,71,76)(H3,67,68,85)/t35?,37-,42-,43-,45-,47-,52-,57+,61+,62-,66-/m0/s1. The molecule has 3 aromatic rings. The molecule has 5 aliphatic heterocycles. The van der Waals surface area contributed by atoms with E-state index < -0.39 is 132 Å². The van der Waals surface area contributed by atoms with Gasteiger partial charge in [-0.1, -0.05) is 58.0 Å². The Morgan fingerprint density at radius 3 is 2.26 bits per heavy atom. The van der Waals surface area contributed by atoms with Gasteiger partial charge in [0.1, 0.15) is 47.6 Å².